The van der Waals surface area contributed by atoms with Gasteiger partial charge in [0.15, 0.2) is 5.52 Å². The van der Waals surface area contributed by atoms with Gasteiger partial charge in [-0.1, -0.05) is 11.6 Å². The lowest BCUT2D eigenvalue weighted by molar-refractivity contribution is 0.628. The van der Waals surface area contributed by atoms with Gasteiger partial charge < -0.3 is 0 Å². The van der Waals surface area contributed by atoms with Crippen LogP contribution in [0.3, 0.4) is 0 Å². The molecule has 0 spiro atoms. The molecule has 0 saturated carbocycles. The minimum atomic E-state index is -0.474. The average Bonchev–Trinajstić information content (AvgIpc) is 2.46. The molecule has 0 fully saturated rings. The fraction of sp³-hybridized carbons (Fsp3) is 0.143. The fourth-order valence-corrected chi connectivity index (χ4v) is 2.52. The summed E-state index contributed by atoms with van der Waals surface area (Å²) in [5.74, 6) is 0.0150. The zero-order chi connectivity index (χ0) is 16.0. The van der Waals surface area contributed by atoms with Gasteiger partial charge in [-0.15, -0.1) is 0 Å². The summed E-state index contributed by atoms with van der Waals surface area (Å²) in [4.78, 5) is 24.7. The van der Waals surface area contributed by atoms with E-state index in [1.54, 1.807) is 14.0 Å². The SMILES string of the molecule is Cc1nc2c(-c3ccc(F)cc3Cl)nc(Cl)nc2c(=O)n1C. The molecule has 22 heavy (non-hydrogen) atoms. The highest BCUT2D eigenvalue weighted by atomic mass is 35.5. The van der Waals surface area contributed by atoms with Crippen LogP contribution in [0.2, 0.25) is 10.3 Å². The highest BCUT2D eigenvalue weighted by Crippen LogP contribution is 2.31. The van der Waals surface area contributed by atoms with Gasteiger partial charge in [-0.2, -0.15) is 0 Å². The third kappa shape index (κ3) is 2.34. The number of nitrogens with zero attached hydrogens (tertiary/aromatic N) is 4. The molecule has 0 atom stereocenters. The Morgan fingerprint density at radius 3 is 2.55 bits per heavy atom. The molecule has 0 amide bonds. The number of benzene rings is 1. The summed E-state index contributed by atoms with van der Waals surface area (Å²) in [6, 6.07) is 3.87. The van der Waals surface area contributed by atoms with E-state index >= 15 is 0 Å². The molecule has 0 N–H and O–H groups in total. The summed E-state index contributed by atoms with van der Waals surface area (Å²) in [6.07, 6.45) is 0. The van der Waals surface area contributed by atoms with Crippen molar-refractivity contribution in [3.05, 3.63) is 50.5 Å². The topological polar surface area (TPSA) is 60.7 Å². The van der Waals surface area contributed by atoms with Crippen molar-refractivity contribution in [1.29, 1.82) is 0 Å². The van der Waals surface area contributed by atoms with Crippen LogP contribution in [0.25, 0.3) is 22.3 Å². The van der Waals surface area contributed by atoms with Crippen LogP contribution in [-0.2, 0) is 7.05 Å². The van der Waals surface area contributed by atoms with Crippen LogP contribution in [0, 0.1) is 12.7 Å². The molecule has 0 radical (unpaired) electrons. The summed E-state index contributed by atoms with van der Waals surface area (Å²) in [7, 11) is 1.59. The first-order valence-corrected chi connectivity index (χ1v) is 7.00. The molecule has 0 aliphatic heterocycles. The Kier molecular flexibility index (Phi) is 3.58. The molecule has 5 nitrogen and oxygen atoms in total. The van der Waals surface area contributed by atoms with Crippen molar-refractivity contribution in [2.24, 2.45) is 7.05 Å². The highest BCUT2D eigenvalue weighted by Gasteiger charge is 2.17. The molecule has 2 aromatic heterocycles. The van der Waals surface area contributed by atoms with Crippen LogP contribution in [0.5, 0.6) is 0 Å². The summed E-state index contributed by atoms with van der Waals surface area (Å²) in [5.41, 5.74) is 0.742. The number of aromatic nitrogens is 4. The van der Waals surface area contributed by atoms with Gasteiger partial charge in [-0.25, -0.2) is 19.3 Å². The van der Waals surface area contributed by atoms with Crippen LogP contribution in [0.4, 0.5) is 4.39 Å². The van der Waals surface area contributed by atoms with Gasteiger partial charge in [-0.3, -0.25) is 9.36 Å². The maximum atomic E-state index is 13.2. The first kappa shape index (κ1) is 14.9. The van der Waals surface area contributed by atoms with E-state index in [0.29, 0.717) is 17.1 Å². The minimum Gasteiger partial charge on any atom is -0.298 e. The molecule has 3 rings (SSSR count). The van der Waals surface area contributed by atoms with E-state index in [1.807, 2.05) is 0 Å². The lowest BCUT2D eigenvalue weighted by Crippen LogP contribution is -2.22. The van der Waals surface area contributed by atoms with Crippen molar-refractivity contribution in [2.45, 2.75) is 6.92 Å². The number of hydrogen-bond acceptors (Lipinski definition) is 4. The maximum absolute atomic E-state index is 13.2. The van der Waals surface area contributed by atoms with E-state index in [4.69, 9.17) is 23.2 Å². The van der Waals surface area contributed by atoms with Gasteiger partial charge in [0.05, 0.1) is 5.02 Å². The van der Waals surface area contributed by atoms with Crippen molar-refractivity contribution in [1.82, 2.24) is 19.5 Å². The van der Waals surface area contributed by atoms with E-state index in [9.17, 15) is 9.18 Å². The molecule has 2 heterocycles. The third-order valence-corrected chi connectivity index (χ3v) is 3.79. The number of aryl methyl sites for hydroxylation is 1. The molecule has 1 aromatic carbocycles. The predicted octanol–water partition coefficient (Wildman–Crippen LogP) is 3.14. The van der Waals surface area contributed by atoms with E-state index in [-0.39, 0.29) is 26.9 Å². The van der Waals surface area contributed by atoms with Crippen molar-refractivity contribution in [3.8, 4) is 11.3 Å². The molecule has 0 unspecified atom stereocenters. The van der Waals surface area contributed by atoms with Crippen LogP contribution < -0.4 is 5.56 Å². The Bertz CT molecular complexity index is 971. The summed E-state index contributed by atoms with van der Waals surface area (Å²) >= 11 is 12.0. The number of rotatable bonds is 1. The Morgan fingerprint density at radius 2 is 1.86 bits per heavy atom. The Balaban J connectivity index is 2.46. The average molecular weight is 339 g/mol. The molecule has 8 heteroatoms. The van der Waals surface area contributed by atoms with Gasteiger partial charge >= 0.3 is 0 Å². The van der Waals surface area contributed by atoms with Crippen molar-refractivity contribution in [3.63, 3.8) is 0 Å². The van der Waals surface area contributed by atoms with Crippen LogP contribution in [-0.4, -0.2) is 19.5 Å². The van der Waals surface area contributed by atoms with Gasteiger partial charge in [0.25, 0.3) is 5.56 Å². The molecular formula is C14H9Cl2FN4O. The molecule has 3 aromatic rings. The number of hydrogen-bond donors (Lipinski definition) is 0. The predicted molar refractivity (Wildman–Crippen MR) is 82.7 cm³/mol. The normalized spacial score (nSPS) is 11.1. The van der Waals surface area contributed by atoms with E-state index in [1.165, 1.54) is 16.7 Å². The molecule has 0 aliphatic carbocycles. The Hall–Kier alpha value is -2.05. The standard InChI is InChI=1S/C14H9Cl2FN4O/c1-6-18-11-10(8-4-3-7(17)5-9(8)15)19-14(16)20-12(11)13(22)21(6)2/h3-5H,1-2H3. The first-order chi connectivity index (χ1) is 10.4. The lowest BCUT2D eigenvalue weighted by Gasteiger charge is -2.10. The summed E-state index contributed by atoms with van der Waals surface area (Å²) in [5, 5.41) is 0.0434. The quantitative estimate of drug-likeness (QED) is 0.639. The zero-order valence-electron chi connectivity index (χ0n) is 11.6. The van der Waals surface area contributed by atoms with Gasteiger partial charge in [0.1, 0.15) is 22.9 Å². The number of halogens is 3. The number of fused-ring (bicyclic) bond motifs is 1. The second-order valence-electron chi connectivity index (χ2n) is 4.69. The van der Waals surface area contributed by atoms with Crippen LogP contribution >= 0.6 is 23.2 Å². The molecule has 0 saturated heterocycles. The van der Waals surface area contributed by atoms with Crippen LogP contribution in [0.1, 0.15) is 5.82 Å². The molecule has 112 valence electrons. The van der Waals surface area contributed by atoms with Crippen molar-refractivity contribution in [2.75, 3.05) is 0 Å². The fourth-order valence-electron chi connectivity index (χ4n) is 2.09. The first-order valence-electron chi connectivity index (χ1n) is 6.25. The second kappa shape index (κ2) is 5.30. The minimum absolute atomic E-state index is 0.0866. The van der Waals surface area contributed by atoms with Crippen molar-refractivity contribution >= 4 is 34.2 Å². The molecule has 0 aliphatic rings. The zero-order valence-corrected chi connectivity index (χ0v) is 13.1. The smallest absolute Gasteiger partial charge is 0.279 e. The second-order valence-corrected chi connectivity index (χ2v) is 5.43. The van der Waals surface area contributed by atoms with Gasteiger partial charge in [-0.05, 0) is 36.7 Å². The Morgan fingerprint density at radius 1 is 1.14 bits per heavy atom. The molecule has 0 bridgehead atoms. The van der Waals surface area contributed by atoms with E-state index in [2.05, 4.69) is 15.0 Å². The van der Waals surface area contributed by atoms with Crippen LogP contribution in [0.15, 0.2) is 23.0 Å². The summed E-state index contributed by atoms with van der Waals surface area (Å²) in [6.45, 7) is 1.69. The van der Waals surface area contributed by atoms with E-state index < -0.39 is 5.82 Å². The van der Waals surface area contributed by atoms with Gasteiger partial charge in [0, 0.05) is 12.6 Å². The van der Waals surface area contributed by atoms with Gasteiger partial charge in [0.2, 0.25) is 5.28 Å². The Labute approximate surface area is 134 Å². The third-order valence-electron chi connectivity index (χ3n) is 3.31. The highest BCUT2D eigenvalue weighted by molar-refractivity contribution is 6.33. The molecular weight excluding hydrogens is 330 g/mol. The van der Waals surface area contributed by atoms with Crippen molar-refractivity contribution < 1.29 is 4.39 Å². The lowest BCUT2D eigenvalue weighted by atomic mass is 10.1. The largest absolute Gasteiger partial charge is 0.298 e. The monoisotopic (exact) mass is 338 g/mol. The summed E-state index contributed by atoms with van der Waals surface area (Å²) < 4.78 is 14.6. The maximum Gasteiger partial charge on any atom is 0.279 e. The van der Waals surface area contributed by atoms with E-state index in [0.717, 1.165) is 6.07 Å².